The van der Waals surface area contributed by atoms with Gasteiger partial charge in [0, 0.05) is 19.8 Å². The summed E-state index contributed by atoms with van der Waals surface area (Å²) >= 11 is 0. The third-order valence-electron chi connectivity index (χ3n) is 2.74. The van der Waals surface area contributed by atoms with Gasteiger partial charge in [-0.25, -0.2) is 24.0 Å². The summed E-state index contributed by atoms with van der Waals surface area (Å²) in [6, 6.07) is 2.82. The lowest BCUT2D eigenvalue weighted by atomic mass is 9.93. The molecule has 5 N–H and O–H groups in total. The average molecular weight is 301 g/mol. The zero-order valence-electron chi connectivity index (χ0n) is 11.6. The Morgan fingerprint density at radius 1 is 1.40 bits per heavy atom. The third kappa shape index (κ3) is 3.89. The van der Waals surface area contributed by atoms with Gasteiger partial charge in [-0.15, -0.1) is 0 Å². The second-order valence-corrected chi connectivity index (χ2v) is 6.58. The molecule has 0 atom stereocenters. The highest BCUT2D eigenvalue weighted by Crippen LogP contribution is 2.16. The molecular weight excluding hydrogens is 282 g/mol. The fourth-order valence-electron chi connectivity index (χ4n) is 1.40. The number of rotatable bonds is 6. The van der Waals surface area contributed by atoms with Gasteiger partial charge in [0.1, 0.15) is 10.7 Å². The van der Waals surface area contributed by atoms with Crippen LogP contribution in [-0.4, -0.2) is 32.9 Å². The Morgan fingerprint density at radius 2 is 2.05 bits per heavy atom. The van der Waals surface area contributed by atoms with Crippen LogP contribution >= 0.6 is 0 Å². The standard InChI is InChI=1S/C11H19N5O3S/c1-11(2,10(17)13-3)7-15-20(18,19)8-4-5-9(16-12)14-6-8/h4-6,15H,7,12H2,1-3H3,(H,13,17)(H,14,16). The Labute approximate surface area is 118 Å². The van der Waals surface area contributed by atoms with Crippen LogP contribution in [0.2, 0.25) is 0 Å². The molecule has 1 amide bonds. The Kier molecular flexibility index (Phi) is 5.03. The van der Waals surface area contributed by atoms with Gasteiger partial charge in [-0.3, -0.25) is 4.79 Å². The van der Waals surface area contributed by atoms with Crippen molar-refractivity contribution in [1.82, 2.24) is 15.0 Å². The molecule has 0 radical (unpaired) electrons. The van der Waals surface area contributed by atoms with Crippen molar-refractivity contribution < 1.29 is 13.2 Å². The number of nitrogen functional groups attached to an aromatic ring is 1. The van der Waals surface area contributed by atoms with Crippen LogP contribution in [0.1, 0.15) is 13.8 Å². The lowest BCUT2D eigenvalue weighted by Crippen LogP contribution is -2.43. The number of nitrogens with zero attached hydrogens (tertiary/aromatic N) is 1. The average Bonchev–Trinajstić information content (AvgIpc) is 2.44. The Balaban J connectivity index is 2.82. The summed E-state index contributed by atoms with van der Waals surface area (Å²) < 4.78 is 26.5. The van der Waals surface area contributed by atoms with Crippen molar-refractivity contribution in [3.8, 4) is 0 Å². The second kappa shape index (κ2) is 6.16. The van der Waals surface area contributed by atoms with E-state index >= 15 is 0 Å². The number of carbonyl (C=O) groups is 1. The summed E-state index contributed by atoms with van der Waals surface area (Å²) in [5.74, 6) is 5.26. The van der Waals surface area contributed by atoms with E-state index in [-0.39, 0.29) is 17.3 Å². The van der Waals surface area contributed by atoms with E-state index in [1.807, 2.05) is 0 Å². The van der Waals surface area contributed by atoms with Gasteiger partial charge in [0.15, 0.2) is 0 Å². The van der Waals surface area contributed by atoms with Crippen LogP contribution in [0.5, 0.6) is 0 Å². The fourth-order valence-corrected chi connectivity index (χ4v) is 2.56. The zero-order valence-corrected chi connectivity index (χ0v) is 12.4. The molecule has 0 spiro atoms. The van der Waals surface area contributed by atoms with E-state index in [1.54, 1.807) is 13.8 Å². The Hall–Kier alpha value is -1.71. The number of nitrogens with one attached hydrogen (secondary N) is 3. The number of pyridine rings is 1. The summed E-state index contributed by atoms with van der Waals surface area (Å²) in [4.78, 5) is 15.4. The van der Waals surface area contributed by atoms with Crippen LogP contribution < -0.4 is 21.3 Å². The van der Waals surface area contributed by atoms with Crippen molar-refractivity contribution >= 4 is 21.7 Å². The number of sulfonamides is 1. The largest absolute Gasteiger partial charge is 0.359 e. The van der Waals surface area contributed by atoms with Crippen molar-refractivity contribution in [2.24, 2.45) is 11.3 Å². The lowest BCUT2D eigenvalue weighted by Gasteiger charge is -2.22. The SMILES string of the molecule is CNC(=O)C(C)(C)CNS(=O)(=O)c1ccc(NN)nc1. The lowest BCUT2D eigenvalue weighted by molar-refractivity contribution is -0.128. The predicted octanol–water partition coefficient (Wildman–Crippen LogP) is -0.582. The fraction of sp³-hybridized carbons (Fsp3) is 0.455. The summed E-state index contributed by atoms with van der Waals surface area (Å²) in [5.41, 5.74) is 1.45. The molecule has 0 aliphatic heterocycles. The number of carbonyl (C=O) groups excluding carboxylic acids is 1. The second-order valence-electron chi connectivity index (χ2n) is 4.81. The highest BCUT2D eigenvalue weighted by molar-refractivity contribution is 7.89. The van der Waals surface area contributed by atoms with Crippen LogP contribution in [0.3, 0.4) is 0 Å². The normalized spacial score (nSPS) is 12.0. The molecule has 0 aliphatic carbocycles. The first kappa shape index (κ1) is 16.3. The minimum atomic E-state index is -3.72. The third-order valence-corrected chi connectivity index (χ3v) is 4.13. The number of hydrogen-bond acceptors (Lipinski definition) is 6. The van der Waals surface area contributed by atoms with Gasteiger partial charge < -0.3 is 10.7 Å². The molecule has 0 bridgehead atoms. The van der Waals surface area contributed by atoms with Crippen molar-refractivity contribution in [3.05, 3.63) is 18.3 Å². The van der Waals surface area contributed by atoms with E-state index in [4.69, 9.17) is 5.84 Å². The van der Waals surface area contributed by atoms with E-state index in [0.717, 1.165) is 0 Å². The molecule has 112 valence electrons. The van der Waals surface area contributed by atoms with Gasteiger partial charge in [0.25, 0.3) is 0 Å². The molecule has 0 saturated heterocycles. The number of amides is 1. The number of nitrogens with two attached hydrogens (primary N) is 1. The molecule has 0 aliphatic rings. The molecule has 1 heterocycles. The van der Waals surface area contributed by atoms with Crippen LogP contribution in [0.25, 0.3) is 0 Å². The first-order chi connectivity index (χ1) is 9.23. The quantitative estimate of drug-likeness (QED) is 0.411. The van der Waals surface area contributed by atoms with E-state index < -0.39 is 15.4 Å². The Bertz CT molecular complexity index is 568. The van der Waals surface area contributed by atoms with Gasteiger partial charge >= 0.3 is 0 Å². The van der Waals surface area contributed by atoms with E-state index in [9.17, 15) is 13.2 Å². The van der Waals surface area contributed by atoms with Gasteiger partial charge in [-0.05, 0) is 26.0 Å². The molecule has 20 heavy (non-hydrogen) atoms. The molecule has 0 saturated carbocycles. The molecule has 1 aromatic rings. The number of anilines is 1. The van der Waals surface area contributed by atoms with Gasteiger partial charge in [0.05, 0.1) is 5.41 Å². The minimum absolute atomic E-state index is 0.00390. The predicted molar refractivity (Wildman–Crippen MR) is 75.1 cm³/mol. The maximum absolute atomic E-state index is 12.1. The van der Waals surface area contributed by atoms with E-state index in [0.29, 0.717) is 5.82 Å². The van der Waals surface area contributed by atoms with Gasteiger partial charge in [-0.1, -0.05) is 0 Å². The molecule has 0 fully saturated rings. The molecule has 1 aromatic heterocycles. The van der Waals surface area contributed by atoms with Crippen LogP contribution in [0, 0.1) is 5.41 Å². The number of hydrazine groups is 1. The van der Waals surface area contributed by atoms with Crippen molar-refractivity contribution in [2.45, 2.75) is 18.7 Å². The number of hydrogen-bond donors (Lipinski definition) is 4. The highest BCUT2D eigenvalue weighted by atomic mass is 32.2. The molecule has 1 rings (SSSR count). The maximum Gasteiger partial charge on any atom is 0.242 e. The summed E-state index contributed by atoms with van der Waals surface area (Å²) in [6.45, 7) is 3.27. The smallest absolute Gasteiger partial charge is 0.242 e. The molecule has 0 aromatic carbocycles. The van der Waals surface area contributed by atoms with Crippen molar-refractivity contribution in [3.63, 3.8) is 0 Å². The van der Waals surface area contributed by atoms with E-state index in [1.165, 1.54) is 25.4 Å². The highest BCUT2D eigenvalue weighted by Gasteiger charge is 2.28. The van der Waals surface area contributed by atoms with Crippen molar-refractivity contribution in [1.29, 1.82) is 0 Å². The summed E-state index contributed by atoms with van der Waals surface area (Å²) in [5, 5.41) is 2.49. The monoisotopic (exact) mass is 301 g/mol. The molecule has 8 nitrogen and oxygen atoms in total. The van der Waals surface area contributed by atoms with Gasteiger partial charge in [0.2, 0.25) is 15.9 Å². The molecule has 0 unspecified atom stereocenters. The Morgan fingerprint density at radius 3 is 2.50 bits per heavy atom. The van der Waals surface area contributed by atoms with Gasteiger partial charge in [-0.2, -0.15) is 0 Å². The first-order valence-electron chi connectivity index (χ1n) is 5.87. The van der Waals surface area contributed by atoms with Crippen molar-refractivity contribution in [2.75, 3.05) is 19.0 Å². The molecular formula is C11H19N5O3S. The minimum Gasteiger partial charge on any atom is -0.359 e. The van der Waals surface area contributed by atoms with Crippen LogP contribution in [-0.2, 0) is 14.8 Å². The zero-order chi connectivity index (χ0) is 15.4. The van der Waals surface area contributed by atoms with Crippen LogP contribution in [0.15, 0.2) is 23.2 Å². The molecule has 9 heteroatoms. The summed E-state index contributed by atoms with van der Waals surface area (Å²) in [7, 11) is -2.22. The van der Waals surface area contributed by atoms with Crippen LogP contribution in [0.4, 0.5) is 5.82 Å². The van der Waals surface area contributed by atoms with E-state index in [2.05, 4.69) is 20.4 Å². The topological polar surface area (TPSA) is 126 Å². The summed E-state index contributed by atoms with van der Waals surface area (Å²) in [6.07, 6.45) is 1.18. The number of aromatic nitrogens is 1. The first-order valence-corrected chi connectivity index (χ1v) is 7.36. The maximum atomic E-state index is 12.1.